The van der Waals surface area contributed by atoms with E-state index in [1.165, 1.54) is 0 Å². The molecule has 0 amide bonds. The van der Waals surface area contributed by atoms with Gasteiger partial charge in [-0.15, -0.1) is 0 Å². The van der Waals surface area contributed by atoms with E-state index in [2.05, 4.69) is 37.2 Å². The Kier molecular flexibility index (Phi) is 3.19. The van der Waals surface area contributed by atoms with Crippen LogP contribution in [-0.2, 0) is 6.54 Å². The van der Waals surface area contributed by atoms with Gasteiger partial charge in [0, 0.05) is 12.5 Å². The van der Waals surface area contributed by atoms with Crippen LogP contribution in [0.25, 0.3) is 0 Å². The summed E-state index contributed by atoms with van der Waals surface area (Å²) < 4.78 is 2.14. The number of aromatic nitrogens is 2. The Bertz CT molecular complexity index is 311. The Hall–Kier alpha value is -0.990. The Balaban J connectivity index is 3.10. The number of aryl methyl sites for hydroxylation is 1. The first-order valence-electron chi connectivity index (χ1n) is 5.26. The molecule has 14 heavy (non-hydrogen) atoms. The van der Waals surface area contributed by atoms with Crippen molar-refractivity contribution in [3.63, 3.8) is 0 Å². The number of hydrogen-bond donors (Lipinski definition) is 1. The molecule has 0 bridgehead atoms. The molecule has 0 aliphatic rings. The summed E-state index contributed by atoms with van der Waals surface area (Å²) in [7, 11) is 0. The third-order valence-corrected chi connectivity index (χ3v) is 2.28. The maximum Gasteiger partial charge on any atom is 0.126 e. The molecule has 1 aromatic heterocycles. The monoisotopic (exact) mass is 195 g/mol. The molecule has 1 aromatic rings. The highest BCUT2D eigenvalue weighted by molar-refractivity contribution is 5.37. The molecule has 3 nitrogen and oxygen atoms in total. The van der Waals surface area contributed by atoms with Crippen molar-refractivity contribution in [3.8, 4) is 0 Å². The largest absolute Gasteiger partial charge is 0.384 e. The molecule has 2 N–H and O–H groups in total. The van der Waals surface area contributed by atoms with Gasteiger partial charge in [-0.3, -0.25) is 0 Å². The number of rotatable bonds is 3. The zero-order chi connectivity index (χ0) is 10.9. The fourth-order valence-corrected chi connectivity index (χ4v) is 1.61. The normalized spacial score (nSPS) is 11.6. The van der Waals surface area contributed by atoms with Gasteiger partial charge in [0.15, 0.2) is 0 Å². The van der Waals surface area contributed by atoms with Crippen LogP contribution in [0.1, 0.15) is 45.1 Å². The van der Waals surface area contributed by atoms with Crippen LogP contribution in [0.15, 0.2) is 0 Å². The van der Waals surface area contributed by atoms with Gasteiger partial charge in [0.1, 0.15) is 11.6 Å². The van der Waals surface area contributed by atoms with Crippen molar-refractivity contribution in [2.45, 2.75) is 47.1 Å². The predicted octanol–water partition coefficient (Wildman–Crippen LogP) is 2.55. The van der Waals surface area contributed by atoms with E-state index in [1.807, 2.05) is 6.92 Å². The molecule has 0 aromatic carbocycles. The van der Waals surface area contributed by atoms with Crippen LogP contribution in [0.3, 0.4) is 0 Å². The summed E-state index contributed by atoms with van der Waals surface area (Å²) >= 11 is 0. The van der Waals surface area contributed by atoms with Gasteiger partial charge in [0.25, 0.3) is 0 Å². The highest BCUT2D eigenvalue weighted by Crippen LogP contribution is 2.21. The van der Waals surface area contributed by atoms with E-state index in [-0.39, 0.29) is 0 Å². The number of nitrogens with zero attached hydrogens (tertiary/aromatic N) is 2. The van der Waals surface area contributed by atoms with E-state index in [0.717, 1.165) is 23.9 Å². The van der Waals surface area contributed by atoms with Crippen LogP contribution in [0.2, 0.25) is 0 Å². The molecule has 0 saturated carbocycles. The minimum atomic E-state index is 0.435. The standard InChI is InChI=1S/C11H21N3/c1-7(2)6-14-10(12)9(5)13-11(14)8(3)4/h7-8H,6,12H2,1-5H3. The summed E-state index contributed by atoms with van der Waals surface area (Å²) in [6.07, 6.45) is 0. The lowest BCUT2D eigenvalue weighted by molar-refractivity contribution is 0.502. The van der Waals surface area contributed by atoms with Crippen LogP contribution < -0.4 is 5.73 Å². The highest BCUT2D eigenvalue weighted by atomic mass is 15.1. The van der Waals surface area contributed by atoms with Gasteiger partial charge in [-0.25, -0.2) is 4.98 Å². The number of imidazole rings is 1. The van der Waals surface area contributed by atoms with Crippen molar-refractivity contribution in [1.82, 2.24) is 9.55 Å². The summed E-state index contributed by atoms with van der Waals surface area (Å²) in [4.78, 5) is 4.50. The second kappa shape index (κ2) is 4.03. The zero-order valence-corrected chi connectivity index (χ0v) is 9.83. The van der Waals surface area contributed by atoms with Crippen LogP contribution in [0.5, 0.6) is 0 Å². The first kappa shape index (κ1) is 11.1. The van der Waals surface area contributed by atoms with Gasteiger partial charge in [-0.05, 0) is 12.8 Å². The summed E-state index contributed by atoms with van der Waals surface area (Å²) in [5, 5.41) is 0. The Morgan fingerprint density at radius 2 is 1.86 bits per heavy atom. The molecule has 0 aliphatic carbocycles. The lowest BCUT2D eigenvalue weighted by Gasteiger charge is -2.13. The molecule has 0 aliphatic heterocycles. The van der Waals surface area contributed by atoms with Gasteiger partial charge in [-0.2, -0.15) is 0 Å². The summed E-state index contributed by atoms with van der Waals surface area (Å²) in [5.74, 6) is 2.96. The first-order chi connectivity index (χ1) is 6.43. The summed E-state index contributed by atoms with van der Waals surface area (Å²) in [6.45, 7) is 11.6. The van der Waals surface area contributed by atoms with Gasteiger partial charge < -0.3 is 10.3 Å². The van der Waals surface area contributed by atoms with Gasteiger partial charge >= 0.3 is 0 Å². The van der Waals surface area contributed by atoms with E-state index < -0.39 is 0 Å². The third kappa shape index (κ3) is 2.08. The molecule has 0 atom stereocenters. The van der Waals surface area contributed by atoms with Crippen LogP contribution >= 0.6 is 0 Å². The van der Waals surface area contributed by atoms with E-state index in [9.17, 15) is 0 Å². The van der Waals surface area contributed by atoms with E-state index >= 15 is 0 Å². The van der Waals surface area contributed by atoms with Crippen LogP contribution in [-0.4, -0.2) is 9.55 Å². The van der Waals surface area contributed by atoms with Gasteiger partial charge in [0.05, 0.1) is 5.69 Å². The lowest BCUT2D eigenvalue weighted by atomic mass is 10.2. The van der Waals surface area contributed by atoms with Crippen LogP contribution in [0.4, 0.5) is 5.82 Å². The molecule has 1 heterocycles. The molecule has 1 rings (SSSR count). The van der Waals surface area contributed by atoms with E-state index in [0.29, 0.717) is 11.8 Å². The smallest absolute Gasteiger partial charge is 0.126 e. The van der Waals surface area contributed by atoms with Gasteiger partial charge in [-0.1, -0.05) is 27.7 Å². The second-order valence-electron chi connectivity index (χ2n) is 4.60. The Morgan fingerprint density at radius 3 is 2.29 bits per heavy atom. The number of nitrogens with two attached hydrogens (primary N) is 1. The molecular weight excluding hydrogens is 174 g/mol. The van der Waals surface area contributed by atoms with Crippen LogP contribution in [0, 0.1) is 12.8 Å². The maximum atomic E-state index is 5.99. The second-order valence-corrected chi connectivity index (χ2v) is 4.60. The third-order valence-electron chi connectivity index (χ3n) is 2.28. The predicted molar refractivity (Wildman–Crippen MR) is 60.3 cm³/mol. The maximum absolute atomic E-state index is 5.99. The summed E-state index contributed by atoms with van der Waals surface area (Å²) in [6, 6.07) is 0. The first-order valence-corrected chi connectivity index (χ1v) is 5.26. The minimum absolute atomic E-state index is 0.435. The lowest BCUT2D eigenvalue weighted by Crippen LogP contribution is -2.12. The Labute approximate surface area is 86.3 Å². The van der Waals surface area contributed by atoms with Crippen molar-refractivity contribution in [2.24, 2.45) is 5.92 Å². The van der Waals surface area contributed by atoms with E-state index in [1.54, 1.807) is 0 Å². The van der Waals surface area contributed by atoms with Crippen molar-refractivity contribution in [2.75, 3.05) is 5.73 Å². The fourth-order valence-electron chi connectivity index (χ4n) is 1.61. The topological polar surface area (TPSA) is 43.8 Å². The summed E-state index contributed by atoms with van der Waals surface area (Å²) in [5.41, 5.74) is 6.94. The average molecular weight is 195 g/mol. The molecule has 0 spiro atoms. The molecule has 0 saturated heterocycles. The number of anilines is 1. The molecule has 0 radical (unpaired) electrons. The minimum Gasteiger partial charge on any atom is -0.384 e. The quantitative estimate of drug-likeness (QED) is 0.805. The van der Waals surface area contributed by atoms with Crippen molar-refractivity contribution in [3.05, 3.63) is 11.5 Å². The van der Waals surface area contributed by atoms with E-state index in [4.69, 9.17) is 5.73 Å². The Morgan fingerprint density at radius 1 is 1.29 bits per heavy atom. The van der Waals surface area contributed by atoms with Crippen molar-refractivity contribution >= 4 is 5.82 Å². The SMILES string of the molecule is Cc1nc(C(C)C)n(CC(C)C)c1N. The number of nitrogen functional groups attached to an aromatic ring is 1. The van der Waals surface area contributed by atoms with Crippen molar-refractivity contribution in [1.29, 1.82) is 0 Å². The number of hydrogen-bond acceptors (Lipinski definition) is 2. The molecule has 0 fully saturated rings. The zero-order valence-electron chi connectivity index (χ0n) is 9.83. The molecule has 3 heteroatoms. The van der Waals surface area contributed by atoms with Crippen molar-refractivity contribution < 1.29 is 0 Å². The highest BCUT2D eigenvalue weighted by Gasteiger charge is 2.14. The fraction of sp³-hybridized carbons (Fsp3) is 0.727. The average Bonchev–Trinajstić information content (AvgIpc) is 2.32. The molecule has 80 valence electrons. The van der Waals surface area contributed by atoms with Gasteiger partial charge in [0.2, 0.25) is 0 Å². The molecular formula is C11H21N3. The molecule has 0 unspecified atom stereocenters.